The minimum atomic E-state index is 0.683. The van der Waals surface area contributed by atoms with E-state index in [1.54, 1.807) is 0 Å². The predicted octanol–water partition coefficient (Wildman–Crippen LogP) is 3.94. The third-order valence-corrected chi connectivity index (χ3v) is 4.04. The van der Waals surface area contributed by atoms with Crippen molar-refractivity contribution >= 4 is 15.9 Å². The number of rotatable bonds is 4. The first kappa shape index (κ1) is 13.1. The second-order valence-electron chi connectivity index (χ2n) is 5.49. The zero-order valence-corrected chi connectivity index (χ0v) is 12.4. The SMILES string of the molecule is CC(C)CCNC1CCc2cc(Br)ccc2C1. The Kier molecular flexibility index (Phi) is 4.63. The van der Waals surface area contributed by atoms with E-state index in [4.69, 9.17) is 0 Å². The Morgan fingerprint density at radius 2 is 2.18 bits per heavy atom. The van der Waals surface area contributed by atoms with Gasteiger partial charge in [-0.2, -0.15) is 0 Å². The summed E-state index contributed by atoms with van der Waals surface area (Å²) in [6.45, 7) is 5.74. The average Bonchev–Trinajstić information content (AvgIpc) is 2.29. The van der Waals surface area contributed by atoms with Crippen molar-refractivity contribution in [2.24, 2.45) is 5.92 Å². The van der Waals surface area contributed by atoms with Gasteiger partial charge >= 0.3 is 0 Å². The number of benzene rings is 1. The molecular formula is C15H22BrN. The zero-order valence-electron chi connectivity index (χ0n) is 10.8. The maximum absolute atomic E-state index is 3.70. The van der Waals surface area contributed by atoms with Gasteiger partial charge in [-0.1, -0.05) is 35.8 Å². The predicted molar refractivity (Wildman–Crippen MR) is 77.4 cm³/mol. The van der Waals surface area contributed by atoms with Crippen LogP contribution in [0.25, 0.3) is 0 Å². The number of nitrogens with one attached hydrogen (secondary N) is 1. The van der Waals surface area contributed by atoms with Gasteiger partial charge < -0.3 is 5.32 Å². The van der Waals surface area contributed by atoms with Gasteiger partial charge in [0.1, 0.15) is 0 Å². The van der Waals surface area contributed by atoms with Gasteiger partial charge in [0.05, 0.1) is 0 Å². The van der Waals surface area contributed by atoms with Crippen molar-refractivity contribution < 1.29 is 0 Å². The molecule has 0 amide bonds. The lowest BCUT2D eigenvalue weighted by molar-refractivity contribution is 0.432. The lowest BCUT2D eigenvalue weighted by Crippen LogP contribution is -2.35. The lowest BCUT2D eigenvalue weighted by atomic mass is 9.88. The van der Waals surface area contributed by atoms with E-state index in [-0.39, 0.29) is 0 Å². The van der Waals surface area contributed by atoms with Crippen molar-refractivity contribution in [3.63, 3.8) is 0 Å². The number of hydrogen-bond acceptors (Lipinski definition) is 1. The van der Waals surface area contributed by atoms with E-state index < -0.39 is 0 Å². The Labute approximate surface area is 113 Å². The van der Waals surface area contributed by atoms with E-state index in [1.807, 2.05) is 0 Å². The largest absolute Gasteiger partial charge is 0.314 e. The summed E-state index contributed by atoms with van der Waals surface area (Å²) in [6.07, 6.45) is 4.97. The molecule has 0 saturated heterocycles. The highest BCUT2D eigenvalue weighted by atomic mass is 79.9. The Morgan fingerprint density at radius 1 is 1.35 bits per heavy atom. The number of fused-ring (bicyclic) bond motifs is 1. The van der Waals surface area contributed by atoms with E-state index >= 15 is 0 Å². The second-order valence-corrected chi connectivity index (χ2v) is 6.41. The van der Waals surface area contributed by atoms with E-state index in [1.165, 1.54) is 41.3 Å². The van der Waals surface area contributed by atoms with E-state index in [0.717, 1.165) is 12.5 Å². The highest BCUT2D eigenvalue weighted by Crippen LogP contribution is 2.24. The maximum Gasteiger partial charge on any atom is 0.0178 e. The molecule has 1 aliphatic carbocycles. The first-order valence-corrected chi connectivity index (χ1v) is 7.45. The number of hydrogen-bond donors (Lipinski definition) is 1. The summed E-state index contributed by atoms with van der Waals surface area (Å²) in [6, 6.07) is 7.40. The maximum atomic E-state index is 3.70. The summed E-state index contributed by atoms with van der Waals surface area (Å²) in [5, 5.41) is 3.70. The highest BCUT2D eigenvalue weighted by Gasteiger charge is 2.17. The van der Waals surface area contributed by atoms with Crippen LogP contribution in [-0.4, -0.2) is 12.6 Å². The summed E-state index contributed by atoms with van der Waals surface area (Å²) >= 11 is 3.55. The molecule has 1 N–H and O–H groups in total. The third-order valence-electron chi connectivity index (χ3n) is 3.55. The van der Waals surface area contributed by atoms with Gasteiger partial charge in [0.25, 0.3) is 0 Å². The topological polar surface area (TPSA) is 12.0 Å². The van der Waals surface area contributed by atoms with Gasteiger partial charge in [-0.05, 0) is 61.4 Å². The quantitative estimate of drug-likeness (QED) is 0.887. The van der Waals surface area contributed by atoms with Crippen LogP contribution in [-0.2, 0) is 12.8 Å². The van der Waals surface area contributed by atoms with Crippen LogP contribution in [0.3, 0.4) is 0 Å². The van der Waals surface area contributed by atoms with Crippen LogP contribution in [0, 0.1) is 5.92 Å². The molecule has 2 heteroatoms. The Balaban J connectivity index is 1.88. The van der Waals surface area contributed by atoms with Crippen LogP contribution in [0.4, 0.5) is 0 Å². The van der Waals surface area contributed by atoms with Crippen molar-refractivity contribution in [2.75, 3.05) is 6.54 Å². The van der Waals surface area contributed by atoms with Crippen LogP contribution < -0.4 is 5.32 Å². The van der Waals surface area contributed by atoms with Gasteiger partial charge in [0, 0.05) is 10.5 Å². The summed E-state index contributed by atoms with van der Waals surface area (Å²) in [4.78, 5) is 0. The molecule has 0 aromatic heterocycles. The van der Waals surface area contributed by atoms with Gasteiger partial charge in [-0.3, -0.25) is 0 Å². The molecule has 1 aromatic rings. The molecule has 0 fully saturated rings. The lowest BCUT2D eigenvalue weighted by Gasteiger charge is -2.26. The van der Waals surface area contributed by atoms with Crippen molar-refractivity contribution in [3.8, 4) is 0 Å². The van der Waals surface area contributed by atoms with E-state index in [0.29, 0.717) is 6.04 Å². The van der Waals surface area contributed by atoms with E-state index in [2.05, 4.69) is 53.3 Å². The molecule has 1 nitrogen and oxygen atoms in total. The normalized spacial score (nSPS) is 19.4. The molecule has 1 aliphatic rings. The fraction of sp³-hybridized carbons (Fsp3) is 0.600. The van der Waals surface area contributed by atoms with Crippen LogP contribution >= 0.6 is 15.9 Å². The first-order chi connectivity index (χ1) is 8.15. The minimum absolute atomic E-state index is 0.683. The highest BCUT2D eigenvalue weighted by molar-refractivity contribution is 9.10. The van der Waals surface area contributed by atoms with Crippen molar-refractivity contribution in [1.29, 1.82) is 0 Å². The molecule has 0 spiro atoms. The van der Waals surface area contributed by atoms with Gasteiger partial charge in [0.2, 0.25) is 0 Å². The molecule has 0 aliphatic heterocycles. The van der Waals surface area contributed by atoms with Crippen molar-refractivity contribution in [3.05, 3.63) is 33.8 Å². The minimum Gasteiger partial charge on any atom is -0.314 e. The second kappa shape index (κ2) is 6.01. The smallest absolute Gasteiger partial charge is 0.0178 e. The molecule has 0 heterocycles. The first-order valence-electron chi connectivity index (χ1n) is 6.66. The van der Waals surface area contributed by atoms with Gasteiger partial charge in [-0.25, -0.2) is 0 Å². The third kappa shape index (κ3) is 3.82. The molecule has 94 valence electrons. The van der Waals surface area contributed by atoms with Crippen LogP contribution in [0.2, 0.25) is 0 Å². The Hall–Kier alpha value is -0.340. The molecule has 0 radical (unpaired) electrons. The molecule has 1 aromatic carbocycles. The van der Waals surface area contributed by atoms with Crippen LogP contribution in [0.15, 0.2) is 22.7 Å². The fourth-order valence-corrected chi connectivity index (χ4v) is 2.88. The van der Waals surface area contributed by atoms with Crippen LogP contribution in [0.1, 0.15) is 37.8 Å². The number of halogens is 1. The summed E-state index contributed by atoms with van der Waals surface area (Å²) in [7, 11) is 0. The number of aryl methyl sites for hydroxylation is 1. The van der Waals surface area contributed by atoms with Gasteiger partial charge in [0.15, 0.2) is 0 Å². The van der Waals surface area contributed by atoms with Crippen LogP contribution in [0.5, 0.6) is 0 Å². The van der Waals surface area contributed by atoms with Gasteiger partial charge in [-0.15, -0.1) is 0 Å². The Bertz CT molecular complexity index is 373. The fourth-order valence-electron chi connectivity index (χ4n) is 2.47. The summed E-state index contributed by atoms with van der Waals surface area (Å²) in [5.41, 5.74) is 3.06. The van der Waals surface area contributed by atoms with Crippen molar-refractivity contribution in [1.82, 2.24) is 5.32 Å². The molecule has 2 rings (SSSR count). The molecule has 17 heavy (non-hydrogen) atoms. The molecule has 1 atom stereocenters. The molecule has 0 bridgehead atoms. The molecular weight excluding hydrogens is 274 g/mol. The zero-order chi connectivity index (χ0) is 12.3. The molecule has 1 unspecified atom stereocenters. The Morgan fingerprint density at radius 3 is 2.94 bits per heavy atom. The molecule has 0 saturated carbocycles. The van der Waals surface area contributed by atoms with Crippen molar-refractivity contribution in [2.45, 2.75) is 45.6 Å². The summed E-state index contributed by atoms with van der Waals surface area (Å²) < 4.78 is 1.21. The average molecular weight is 296 g/mol. The van der Waals surface area contributed by atoms with E-state index in [9.17, 15) is 0 Å². The summed E-state index contributed by atoms with van der Waals surface area (Å²) in [5.74, 6) is 0.800. The monoisotopic (exact) mass is 295 g/mol. The standard InChI is InChI=1S/C15H22BrN/c1-11(2)7-8-17-15-6-4-12-9-14(16)5-3-13(12)10-15/h3,5,9,11,15,17H,4,6-8,10H2,1-2H3.